The average Bonchev–Trinajstić information content (AvgIpc) is 2.26. The smallest absolute Gasteiger partial charge is 0.258 e. The fourth-order valence-electron chi connectivity index (χ4n) is 1.40. The molecule has 0 fully saturated rings. The highest BCUT2D eigenvalue weighted by Gasteiger charge is 2.18. The number of alkyl halides is 1. The topological polar surface area (TPSA) is 66.9 Å². The Balaban J connectivity index is 3.23. The van der Waals surface area contributed by atoms with Gasteiger partial charge in [0.05, 0.1) is 16.6 Å². The second-order valence-electron chi connectivity index (χ2n) is 3.61. The predicted octanol–water partition coefficient (Wildman–Crippen LogP) is 3.20. The number of hydrogen-bond acceptors (Lipinski definition) is 3. The Bertz CT molecular complexity index is 452. The lowest BCUT2D eigenvalue weighted by atomic mass is 9.93. The normalized spacial score (nSPS) is 13.9. The maximum Gasteiger partial charge on any atom is 0.270 e. The monoisotopic (exact) mass is 238 g/mol. The van der Waals surface area contributed by atoms with Crippen molar-refractivity contribution < 1.29 is 4.92 Å². The quantitative estimate of drug-likeness (QED) is 0.461. The third-order valence-electron chi connectivity index (χ3n) is 2.55. The number of nitro benzene ring substituents is 1. The van der Waals surface area contributed by atoms with Crippen molar-refractivity contribution in [3.05, 3.63) is 39.4 Å². The summed E-state index contributed by atoms with van der Waals surface area (Å²) in [5.41, 5.74) is 0.986. The molecule has 16 heavy (non-hydrogen) atoms. The predicted molar refractivity (Wildman–Crippen MR) is 61.5 cm³/mol. The van der Waals surface area contributed by atoms with Crippen molar-refractivity contribution in [2.75, 3.05) is 0 Å². The lowest BCUT2D eigenvalue weighted by Gasteiger charge is -2.15. The van der Waals surface area contributed by atoms with Crippen LogP contribution in [-0.2, 0) is 0 Å². The molecule has 1 aromatic rings. The lowest BCUT2D eigenvalue weighted by Crippen LogP contribution is -2.07. The van der Waals surface area contributed by atoms with E-state index in [0.717, 1.165) is 5.56 Å². The van der Waals surface area contributed by atoms with Crippen molar-refractivity contribution in [1.29, 1.82) is 5.26 Å². The molecule has 4 nitrogen and oxygen atoms in total. The van der Waals surface area contributed by atoms with E-state index in [1.807, 2.05) is 19.9 Å². The van der Waals surface area contributed by atoms with E-state index in [4.69, 9.17) is 16.9 Å². The minimum absolute atomic E-state index is 0.0166. The van der Waals surface area contributed by atoms with Crippen LogP contribution in [-0.4, -0.2) is 10.3 Å². The Labute approximate surface area is 98.6 Å². The zero-order chi connectivity index (χ0) is 12.3. The summed E-state index contributed by atoms with van der Waals surface area (Å²) in [5, 5.41) is 19.4. The number of rotatable bonds is 3. The Hall–Kier alpha value is -1.60. The summed E-state index contributed by atoms with van der Waals surface area (Å²) >= 11 is 5.95. The third-order valence-corrected chi connectivity index (χ3v) is 2.93. The first-order valence-electron chi connectivity index (χ1n) is 4.80. The van der Waals surface area contributed by atoms with Crippen molar-refractivity contribution in [3.63, 3.8) is 0 Å². The van der Waals surface area contributed by atoms with Gasteiger partial charge in [-0.15, -0.1) is 11.6 Å². The second kappa shape index (κ2) is 4.95. The molecule has 2 unspecified atom stereocenters. The molecule has 2 atom stereocenters. The number of benzene rings is 1. The maximum absolute atomic E-state index is 10.6. The third kappa shape index (κ3) is 2.50. The van der Waals surface area contributed by atoms with Crippen LogP contribution in [0.4, 0.5) is 5.69 Å². The number of nitro groups is 1. The molecule has 84 valence electrons. The van der Waals surface area contributed by atoms with Gasteiger partial charge in [0.15, 0.2) is 0 Å². The van der Waals surface area contributed by atoms with Crippen molar-refractivity contribution in [1.82, 2.24) is 0 Å². The number of nitrogens with zero attached hydrogens (tertiary/aromatic N) is 2. The van der Waals surface area contributed by atoms with Gasteiger partial charge in [-0.2, -0.15) is 5.26 Å². The van der Waals surface area contributed by atoms with Gasteiger partial charge in [0.2, 0.25) is 0 Å². The van der Waals surface area contributed by atoms with Crippen LogP contribution in [0.2, 0.25) is 0 Å². The largest absolute Gasteiger partial charge is 0.270 e. The minimum Gasteiger partial charge on any atom is -0.258 e. The van der Waals surface area contributed by atoms with Gasteiger partial charge in [-0.05, 0) is 18.4 Å². The standard InChI is InChI=1S/C11H11ClN2O2/c1-7(8(2)12)11-4-3-10(14(15)16)5-9(11)6-13/h3-5,7-8H,1-2H3. The molecule has 1 aromatic carbocycles. The van der Waals surface area contributed by atoms with Crippen molar-refractivity contribution in [2.45, 2.75) is 25.1 Å². The fraction of sp³-hybridized carbons (Fsp3) is 0.364. The number of halogens is 1. The summed E-state index contributed by atoms with van der Waals surface area (Å²) in [6.07, 6.45) is 0. The van der Waals surface area contributed by atoms with Gasteiger partial charge in [0.1, 0.15) is 0 Å². The summed E-state index contributed by atoms with van der Waals surface area (Å²) in [7, 11) is 0. The first kappa shape index (κ1) is 12.5. The second-order valence-corrected chi connectivity index (χ2v) is 4.30. The van der Waals surface area contributed by atoms with Gasteiger partial charge in [-0.1, -0.05) is 13.0 Å². The van der Waals surface area contributed by atoms with Crippen LogP contribution in [0.3, 0.4) is 0 Å². The molecule has 0 saturated carbocycles. The Morgan fingerprint density at radius 1 is 1.50 bits per heavy atom. The van der Waals surface area contributed by atoms with Gasteiger partial charge < -0.3 is 0 Å². The van der Waals surface area contributed by atoms with E-state index in [-0.39, 0.29) is 17.0 Å². The van der Waals surface area contributed by atoms with E-state index in [1.54, 1.807) is 6.07 Å². The van der Waals surface area contributed by atoms with Gasteiger partial charge in [0.25, 0.3) is 5.69 Å². The molecule has 0 spiro atoms. The Morgan fingerprint density at radius 3 is 2.56 bits per heavy atom. The minimum atomic E-state index is -0.514. The first-order valence-corrected chi connectivity index (χ1v) is 5.23. The lowest BCUT2D eigenvalue weighted by molar-refractivity contribution is -0.384. The fourth-order valence-corrected chi connectivity index (χ4v) is 1.53. The van der Waals surface area contributed by atoms with E-state index < -0.39 is 4.92 Å². The van der Waals surface area contributed by atoms with Gasteiger partial charge >= 0.3 is 0 Å². The van der Waals surface area contributed by atoms with Crippen molar-refractivity contribution in [2.24, 2.45) is 0 Å². The molecule has 0 bridgehead atoms. The molecule has 0 amide bonds. The highest BCUT2D eigenvalue weighted by molar-refractivity contribution is 6.20. The molecule has 0 aliphatic heterocycles. The number of non-ortho nitro benzene ring substituents is 1. The van der Waals surface area contributed by atoms with Crippen LogP contribution in [0.5, 0.6) is 0 Å². The summed E-state index contributed by atoms with van der Waals surface area (Å²) < 4.78 is 0. The molecule has 0 saturated heterocycles. The summed E-state index contributed by atoms with van der Waals surface area (Å²) in [6, 6.07) is 6.24. The summed E-state index contributed by atoms with van der Waals surface area (Å²) in [5.74, 6) is -0.0166. The molecule has 5 heteroatoms. The molecule has 0 heterocycles. The average molecular weight is 239 g/mol. The molecule has 0 aliphatic carbocycles. The molecule has 0 aliphatic rings. The molecule has 0 radical (unpaired) electrons. The van der Waals surface area contributed by atoms with E-state index in [0.29, 0.717) is 5.56 Å². The van der Waals surface area contributed by atoms with Crippen molar-refractivity contribution >= 4 is 17.3 Å². The van der Waals surface area contributed by atoms with E-state index >= 15 is 0 Å². The highest BCUT2D eigenvalue weighted by atomic mass is 35.5. The molecule has 0 aromatic heterocycles. The van der Waals surface area contributed by atoms with E-state index in [1.165, 1.54) is 12.1 Å². The van der Waals surface area contributed by atoms with Crippen LogP contribution < -0.4 is 0 Å². The van der Waals surface area contributed by atoms with Crippen LogP contribution in [0, 0.1) is 21.4 Å². The SMILES string of the molecule is CC(Cl)C(C)c1ccc([N+](=O)[O-])cc1C#N. The molecular formula is C11H11ClN2O2. The zero-order valence-electron chi connectivity index (χ0n) is 8.98. The zero-order valence-corrected chi connectivity index (χ0v) is 9.73. The molecule has 0 N–H and O–H groups in total. The Morgan fingerprint density at radius 2 is 2.12 bits per heavy atom. The van der Waals surface area contributed by atoms with Crippen LogP contribution in [0.15, 0.2) is 18.2 Å². The molecule has 1 rings (SSSR count). The van der Waals surface area contributed by atoms with Gasteiger partial charge in [0, 0.05) is 17.5 Å². The van der Waals surface area contributed by atoms with Crippen molar-refractivity contribution in [3.8, 4) is 6.07 Å². The van der Waals surface area contributed by atoms with Gasteiger partial charge in [-0.3, -0.25) is 10.1 Å². The summed E-state index contributed by atoms with van der Waals surface area (Å²) in [4.78, 5) is 10.0. The highest BCUT2D eigenvalue weighted by Crippen LogP contribution is 2.28. The Kier molecular flexibility index (Phi) is 3.86. The summed E-state index contributed by atoms with van der Waals surface area (Å²) in [6.45, 7) is 3.72. The van der Waals surface area contributed by atoms with Crippen LogP contribution >= 0.6 is 11.6 Å². The van der Waals surface area contributed by atoms with Crippen LogP contribution in [0.1, 0.15) is 30.9 Å². The van der Waals surface area contributed by atoms with Crippen LogP contribution in [0.25, 0.3) is 0 Å². The van der Waals surface area contributed by atoms with Gasteiger partial charge in [-0.25, -0.2) is 0 Å². The van der Waals surface area contributed by atoms with E-state index in [2.05, 4.69) is 0 Å². The number of nitriles is 1. The maximum atomic E-state index is 10.6. The first-order chi connectivity index (χ1) is 7.47. The molecular weight excluding hydrogens is 228 g/mol. The van der Waals surface area contributed by atoms with E-state index in [9.17, 15) is 10.1 Å². The number of hydrogen-bond donors (Lipinski definition) is 0.